The van der Waals surface area contributed by atoms with Gasteiger partial charge in [0.05, 0.1) is 12.2 Å². The number of rotatable bonds is 5. The van der Waals surface area contributed by atoms with Crippen molar-refractivity contribution in [1.29, 1.82) is 0 Å². The van der Waals surface area contributed by atoms with Crippen molar-refractivity contribution >= 4 is 5.69 Å². The molecule has 4 heteroatoms. The topological polar surface area (TPSA) is 41.3 Å². The van der Waals surface area contributed by atoms with E-state index in [1.54, 1.807) is 0 Å². The van der Waals surface area contributed by atoms with Crippen molar-refractivity contribution in [2.75, 3.05) is 19.4 Å². The van der Waals surface area contributed by atoms with E-state index in [2.05, 4.69) is 28.3 Å². The Bertz CT molecular complexity index is 507. The number of nitrogens with zero attached hydrogens (tertiary/aromatic N) is 2. The van der Waals surface area contributed by atoms with Crippen molar-refractivity contribution in [2.45, 2.75) is 20.0 Å². The van der Waals surface area contributed by atoms with E-state index in [0.717, 1.165) is 36.0 Å². The van der Waals surface area contributed by atoms with Crippen LogP contribution in [0.25, 0.3) is 0 Å². The molecule has 0 bridgehead atoms. The molecular weight excluding hydrogens is 226 g/mol. The van der Waals surface area contributed by atoms with Crippen molar-refractivity contribution in [3.8, 4) is 0 Å². The third-order valence-electron chi connectivity index (χ3n) is 2.76. The van der Waals surface area contributed by atoms with Crippen LogP contribution < -0.4 is 5.32 Å². The number of anilines is 1. The maximum Gasteiger partial charge on any atom is 0.118 e. The summed E-state index contributed by atoms with van der Waals surface area (Å²) in [6.45, 7) is 3.55. The molecule has 0 aliphatic rings. The third kappa shape index (κ3) is 3.34. The fourth-order valence-electron chi connectivity index (χ4n) is 1.89. The summed E-state index contributed by atoms with van der Waals surface area (Å²) in [5.74, 6) is 1.94. The van der Waals surface area contributed by atoms with Crippen LogP contribution in [-0.4, -0.2) is 24.0 Å². The van der Waals surface area contributed by atoms with Gasteiger partial charge in [0.15, 0.2) is 0 Å². The summed E-state index contributed by atoms with van der Waals surface area (Å²) >= 11 is 0. The van der Waals surface area contributed by atoms with Gasteiger partial charge in [0.25, 0.3) is 0 Å². The first-order chi connectivity index (χ1) is 8.67. The number of nitrogens with one attached hydrogen (secondary N) is 1. The van der Waals surface area contributed by atoms with Crippen LogP contribution in [0.1, 0.15) is 17.2 Å². The lowest BCUT2D eigenvalue weighted by Crippen LogP contribution is -2.17. The highest BCUT2D eigenvalue weighted by Gasteiger charge is 2.06. The third-order valence-corrected chi connectivity index (χ3v) is 2.76. The normalized spacial score (nSPS) is 10.9. The first-order valence-corrected chi connectivity index (χ1v) is 6.04. The second kappa shape index (κ2) is 5.69. The molecule has 18 heavy (non-hydrogen) atoms. The number of pyridine rings is 1. The summed E-state index contributed by atoms with van der Waals surface area (Å²) in [5, 5.41) is 3.12. The Kier molecular flexibility index (Phi) is 3.99. The molecule has 0 fully saturated rings. The van der Waals surface area contributed by atoms with E-state index in [0.29, 0.717) is 0 Å². The van der Waals surface area contributed by atoms with Crippen LogP contribution in [0.3, 0.4) is 0 Å². The van der Waals surface area contributed by atoms with E-state index in [-0.39, 0.29) is 0 Å². The zero-order valence-corrected chi connectivity index (χ0v) is 11.1. The Balaban J connectivity index is 1.96. The lowest BCUT2D eigenvalue weighted by Gasteiger charge is -2.15. The fraction of sp³-hybridized carbons (Fsp3) is 0.357. The molecular formula is C14H19N3O. The quantitative estimate of drug-likeness (QED) is 0.879. The minimum absolute atomic E-state index is 0.791. The fourth-order valence-corrected chi connectivity index (χ4v) is 1.89. The van der Waals surface area contributed by atoms with Gasteiger partial charge in [-0.25, -0.2) is 0 Å². The highest BCUT2D eigenvalue weighted by Crippen LogP contribution is 2.12. The molecule has 2 aromatic rings. The smallest absolute Gasteiger partial charge is 0.118 e. The highest BCUT2D eigenvalue weighted by atomic mass is 16.3. The molecule has 0 aliphatic heterocycles. The second-order valence-corrected chi connectivity index (χ2v) is 4.47. The maximum absolute atomic E-state index is 5.56. The lowest BCUT2D eigenvalue weighted by atomic mass is 10.3. The van der Waals surface area contributed by atoms with Gasteiger partial charge in [-0.1, -0.05) is 0 Å². The molecule has 0 saturated carbocycles. The maximum atomic E-state index is 5.56. The number of hydrogen-bond donors (Lipinski definition) is 1. The Morgan fingerprint density at radius 2 is 2.11 bits per heavy atom. The molecule has 2 rings (SSSR count). The Hall–Kier alpha value is -1.81. The molecule has 1 N–H and O–H groups in total. The van der Waals surface area contributed by atoms with E-state index >= 15 is 0 Å². The molecule has 0 spiro atoms. The molecule has 2 heterocycles. The summed E-state index contributed by atoms with van der Waals surface area (Å²) in [5.41, 5.74) is 2.13. The molecule has 4 nitrogen and oxygen atoms in total. The zero-order valence-electron chi connectivity index (χ0n) is 11.1. The Labute approximate surface area is 108 Å². The predicted octanol–water partition coefficient (Wildman–Crippen LogP) is 2.66. The zero-order chi connectivity index (χ0) is 13.0. The average Bonchev–Trinajstić information content (AvgIpc) is 2.74. The lowest BCUT2D eigenvalue weighted by molar-refractivity contribution is 0.282. The molecule has 0 radical (unpaired) electrons. The van der Waals surface area contributed by atoms with Crippen LogP contribution in [0, 0.1) is 6.92 Å². The SMILES string of the molecule is CNc1ccnc(CN(C)Cc2ccc(C)o2)c1. The van der Waals surface area contributed by atoms with Crippen molar-refractivity contribution in [3.05, 3.63) is 47.7 Å². The van der Waals surface area contributed by atoms with Gasteiger partial charge in [-0.15, -0.1) is 0 Å². The van der Waals surface area contributed by atoms with Crippen LogP contribution in [0.4, 0.5) is 5.69 Å². The van der Waals surface area contributed by atoms with E-state index in [1.807, 2.05) is 38.4 Å². The molecule has 0 unspecified atom stereocenters. The molecule has 0 saturated heterocycles. The van der Waals surface area contributed by atoms with E-state index in [4.69, 9.17) is 4.42 Å². The van der Waals surface area contributed by atoms with Gasteiger partial charge < -0.3 is 9.73 Å². The molecule has 0 aliphatic carbocycles. The van der Waals surface area contributed by atoms with Crippen molar-refractivity contribution < 1.29 is 4.42 Å². The molecule has 96 valence electrons. The first kappa shape index (κ1) is 12.6. The summed E-state index contributed by atoms with van der Waals surface area (Å²) in [7, 11) is 3.97. The minimum Gasteiger partial charge on any atom is -0.465 e. The number of aryl methyl sites for hydroxylation is 1. The average molecular weight is 245 g/mol. The standard InChI is InChI=1S/C14H19N3O/c1-11-4-5-14(18-11)10-17(3)9-13-8-12(15-2)6-7-16-13/h4-8H,9-10H2,1-3H3,(H,15,16). The Morgan fingerprint density at radius 3 is 2.78 bits per heavy atom. The van der Waals surface area contributed by atoms with Crippen LogP contribution in [0.2, 0.25) is 0 Å². The predicted molar refractivity (Wildman–Crippen MR) is 72.4 cm³/mol. The van der Waals surface area contributed by atoms with Gasteiger partial charge in [0.2, 0.25) is 0 Å². The summed E-state index contributed by atoms with van der Waals surface area (Å²) < 4.78 is 5.56. The molecule has 0 atom stereocenters. The number of hydrogen-bond acceptors (Lipinski definition) is 4. The molecule has 0 amide bonds. The molecule has 0 aromatic carbocycles. The van der Waals surface area contributed by atoms with Crippen LogP contribution in [0.5, 0.6) is 0 Å². The summed E-state index contributed by atoms with van der Waals surface area (Å²) in [6, 6.07) is 8.02. The minimum atomic E-state index is 0.791. The van der Waals surface area contributed by atoms with Crippen LogP contribution >= 0.6 is 0 Å². The van der Waals surface area contributed by atoms with Gasteiger partial charge in [0.1, 0.15) is 11.5 Å². The van der Waals surface area contributed by atoms with Crippen molar-refractivity contribution in [2.24, 2.45) is 0 Å². The van der Waals surface area contributed by atoms with Crippen LogP contribution in [0.15, 0.2) is 34.9 Å². The second-order valence-electron chi connectivity index (χ2n) is 4.47. The van der Waals surface area contributed by atoms with E-state index < -0.39 is 0 Å². The van der Waals surface area contributed by atoms with E-state index in [9.17, 15) is 0 Å². The van der Waals surface area contributed by atoms with Gasteiger partial charge in [0, 0.05) is 25.5 Å². The highest BCUT2D eigenvalue weighted by molar-refractivity contribution is 5.42. The van der Waals surface area contributed by atoms with Gasteiger partial charge in [-0.05, 0) is 38.2 Å². The van der Waals surface area contributed by atoms with Gasteiger partial charge in [-0.2, -0.15) is 0 Å². The summed E-state index contributed by atoms with van der Waals surface area (Å²) in [6.07, 6.45) is 1.83. The largest absolute Gasteiger partial charge is 0.465 e. The molecule has 2 aromatic heterocycles. The number of aromatic nitrogens is 1. The first-order valence-electron chi connectivity index (χ1n) is 6.04. The number of furan rings is 1. The Morgan fingerprint density at radius 1 is 1.28 bits per heavy atom. The van der Waals surface area contributed by atoms with Gasteiger partial charge in [-0.3, -0.25) is 9.88 Å². The van der Waals surface area contributed by atoms with Crippen molar-refractivity contribution in [3.63, 3.8) is 0 Å². The summed E-state index contributed by atoms with van der Waals surface area (Å²) in [4.78, 5) is 6.54. The van der Waals surface area contributed by atoms with Crippen LogP contribution in [-0.2, 0) is 13.1 Å². The monoisotopic (exact) mass is 245 g/mol. The van der Waals surface area contributed by atoms with Crippen molar-refractivity contribution in [1.82, 2.24) is 9.88 Å². The van der Waals surface area contributed by atoms with Gasteiger partial charge >= 0.3 is 0 Å². The van der Waals surface area contributed by atoms with E-state index in [1.165, 1.54) is 0 Å².